The van der Waals surface area contributed by atoms with Crippen molar-refractivity contribution in [3.63, 3.8) is 0 Å². The molecule has 1 aliphatic carbocycles. The lowest BCUT2D eigenvalue weighted by atomic mass is 9.87. The third-order valence-electron chi connectivity index (χ3n) is 7.96. The zero-order valence-electron chi connectivity index (χ0n) is 23.5. The summed E-state index contributed by atoms with van der Waals surface area (Å²) in [6.07, 6.45) is 3.47. The van der Waals surface area contributed by atoms with Crippen molar-refractivity contribution in [3.8, 4) is 0 Å². The highest BCUT2D eigenvalue weighted by Gasteiger charge is 2.38. The van der Waals surface area contributed by atoms with E-state index in [-0.39, 0.29) is 64.4 Å². The van der Waals surface area contributed by atoms with Gasteiger partial charge in [0.15, 0.2) is 0 Å². The highest BCUT2D eigenvalue weighted by Crippen LogP contribution is 2.29. The Bertz CT molecular complexity index is 1150. The molecule has 2 aliphatic rings. The van der Waals surface area contributed by atoms with E-state index >= 15 is 0 Å². The molecule has 1 aromatic carbocycles. The third-order valence-corrected chi connectivity index (χ3v) is 8.05. The van der Waals surface area contributed by atoms with Crippen LogP contribution < -0.4 is 0 Å². The van der Waals surface area contributed by atoms with Gasteiger partial charge in [-0.1, -0.05) is 25.0 Å². The van der Waals surface area contributed by atoms with Crippen molar-refractivity contribution in [1.29, 1.82) is 0 Å². The topological polar surface area (TPSA) is 175 Å². The van der Waals surface area contributed by atoms with Gasteiger partial charge in [-0.3, -0.25) is 38.8 Å². The number of carbonyl (C=O) groups is 4. The van der Waals surface area contributed by atoms with Crippen LogP contribution in [-0.2, 0) is 25.6 Å². The molecule has 2 unspecified atom stereocenters. The summed E-state index contributed by atoms with van der Waals surface area (Å²) < 4.78 is 0. The summed E-state index contributed by atoms with van der Waals surface area (Å²) >= 11 is 4.68. The lowest BCUT2D eigenvalue weighted by Gasteiger charge is -2.47. The van der Waals surface area contributed by atoms with Crippen LogP contribution in [0.5, 0.6) is 0 Å². The molecule has 0 aromatic heterocycles. The molecule has 1 aliphatic heterocycles. The standard InChI is InChI=1S/C28H39N5O8S/c34-25(35)15-30-9-11-31(16-26(36)37)22(13-20-5-7-21(8-6-20)29-19-42)14-33(18-28(40)41)24-4-2-1-3-23(24)32(12-10-30)17-27(38)39/h5-8,22-24H,1-4,9-18H2,(H,34,35)(H,36,37)(H,38,39)(H,40,41)/t22?,23?,24-/m0/s1. The fourth-order valence-corrected chi connectivity index (χ4v) is 6.25. The Kier molecular flexibility index (Phi) is 13.0. The number of thiocarbonyl (C=S) groups is 1. The van der Waals surface area contributed by atoms with Crippen molar-refractivity contribution in [2.45, 2.75) is 50.2 Å². The van der Waals surface area contributed by atoms with E-state index in [0.29, 0.717) is 31.5 Å². The Morgan fingerprint density at radius 3 is 1.79 bits per heavy atom. The Morgan fingerprint density at radius 2 is 1.24 bits per heavy atom. The molecule has 4 N–H and O–H groups in total. The second-order valence-electron chi connectivity index (χ2n) is 10.9. The van der Waals surface area contributed by atoms with Gasteiger partial charge >= 0.3 is 23.9 Å². The first-order valence-electron chi connectivity index (χ1n) is 14.0. The lowest BCUT2D eigenvalue weighted by molar-refractivity contribution is -0.144. The van der Waals surface area contributed by atoms with E-state index in [1.165, 1.54) is 0 Å². The van der Waals surface area contributed by atoms with Crippen LogP contribution in [0.2, 0.25) is 0 Å². The number of aliphatic imine (C=N–C) groups is 1. The summed E-state index contributed by atoms with van der Waals surface area (Å²) in [5, 5.41) is 41.3. The van der Waals surface area contributed by atoms with Gasteiger partial charge in [0.2, 0.25) is 0 Å². The monoisotopic (exact) mass is 605 g/mol. The summed E-state index contributed by atoms with van der Waals surface area (Å²) in [4.78, 5) is 58.8. The number of isothiocyanates is 1. The Hall–Kier alpha value is -3.26. The predicted molar refractivity (Wildman–Crippen MR) is 156 cm³/mol. The molecule has 42 heavy (non-hydrogen) atoms. The van der Waals surface area contributed by atoms with Crippen LogP contribution >= 0.6 is 12.2 Å². The van der Waals surface area contributed by atoms with Crippen LogP contribution in [0.25, 0.3) is 0 Å². The predicted octanol–water partition coefficient (Wildman–Crippen LogP) is 1.20. The molecule has 1 aromatic rings. The fourth-order valence-electron chi connectivity index (χ4n) is 6.15. The summed E-state index contributed by atoms with van der Waals surface area (Å²) in [5.41, 5.74) is 1.51. The van der Waals surface area contributed by atoms with E-state index in [9.17, 15) is 39.6 Å². The van der Waals surface area contributed by atoms with Gasteiger partial charge in [0.25, 0.3) is 0 Å². The fraction of sp³-hybridized carbons (Fsp3) is 0.607. The number of hydrogen-bond donors (Lipinski definition) is 4. The van der Waals surface area contributed by atoms with Gasteiger partial charge in [-0.15, -0.1) is 0 Å². The van der Waals surface area contributed by atoms with E-state index in [2.05, 4.69) is 22.4 Å². The molecule has 13 nitrogen and oxygen atoms in total. The Morgan fingerprint density at radius 1 is 0.738 bits per heavy atom. The van der Waals surface area contributed by atoms with Crippen LogP contribution in [0.1, 0.15) is 31.2 Å². The molecule has 1 saturated heterocycles. The molecular weight excluding hydrogens is 566 g/mol. The van der Waals surface area contributed by atoms with Crippen LogP contribution in [-0.4, -0.2) is 146 Å². The maximum atomic E-state index is 12.1. The molecular formula is C28H39N5O8S. The average molecular weight is 606 g/mol. The molecule has 0 radical (unpaired) electrons. The van der Waals surface area contributed by atoms with Gasteiger partial charge in [0, 0.05) is 50.8 Å². The Balaban J connectivity index is 2.06. The number of hydrogen-bond acceptors (Lipinski definition) is 10. The minimum atomic E-state index is -1.05. The molecule has 230 valence electrons. The molecule has 0 spiro atoms. The minimum absolute atomic E-state index is 0.228. The number of aliphatic carboxylic acids is 4. The maximum Gasteiger partial charge on any atom is 0.317 e. The average Bonchev–Trinajstić information content (AvgIpc) is 2.92. The summed E-state index contributed by atoms with van der Waals surface area (Å²) in [7, 11) is 0. The summed E-state index contributed by atoms with van der Waals surface area (Å²) in [5.74, 6) is -4.10. The molecule has 1 saturated carbocycles. The van der Waals surface area contributed by atoms with E-state index < -0.39 is 29.9 Å². The van der Waals surface area contributed by atoms with E-state index in [4.69, 9.17) is 0 Å². The number of carboxylic acids is 4. The van der Waals surface area contributed by atoms with Gasteiger partial charge < -0.3 is 20.4 Å². The number of carboxylic acid groups (broad SMARTS) is 4. The first-order chi connectivity index (χ1) is 20.0. The molecule has 3 rings (SSSR count). The van der Waals surface area contributed by atoms with Crippen molar-refractivity contribution in [3.05, 3.63) is 29.8 Å². The summed E-state index contributed by atoms with van der Waals surface area (Å²) in [6, 6.07) is 6.32. The van der Waals surface area contributed by atoms with Crippen LogP contribution in [0.3, 0.4) is 0 Å². The van der Waals surface area contributed by atoms with Gasteiger partial charge in [-0.25, -0.2) is 0 Å². The lowest BCUT2D eigenvalue weighted by Crippen LogP contribution is -2.60. The highest BCUT2D eigenvalue weighted by molar-refractivity contribution is 7.78. The molecule has 2 fully saturated rings. The van der Waals surface area contributed by atoms with E-state index in [1.54, 1.807) is 21.9 Å². The normalized spacial score (nSPS) is 23.5. The van der Waals surface area contributed by atoms with Gasteiger partial charge in [-0.2, -0.15) is 4.99 Å². The number of fused-ring (bicyclic) bond motifs is 1. The highest BCUT2D eigenvalue weighted by atomic mass is 32.1. The molecule has 0 bridgehead atoms. The number of nitrogens with zero attached hydrogens (tertiary/aromatic N) is 5. The maximum absolute atomic E-state index is 12.1. The van der Waals surface area contributed by atoms with Gasteiger partial charge in [0.1, 0.15) is 0 Å². The smallest absolute Gasteiger partial charge is 0.317 e. The van der Waals surface area contributed by atoms with Crippen molar-refractivity contribution in [2.75, 3.05) is 58.9 Å². The van der Waals surface area contributed by atoms with Crippen molar-refractivity contribution in [2.24, 2.45) is 4.99 Å². The van der Waals surface area contributed by atoms with Crippen molar-refractivity contribution in [1.82, 2.24) is 19.6 Å². The van der Waals surface area contributed by atoms with E-state index in [1.807, 2.05) is 21.9 Å². The quantitative estimate of drug-likeness (QED) is 0.209. The molecule has 1 heterocycles. The van der Waals surface area contributed by atoms with Crippen LogP contribution in [0, 0.1) is 0 Å². The second-order valence-corrected chi connectivity index (χ2v) is 11.1. The first kappa shape index (κ1) is 33.2. The minimum Gasteiger partial charge on any atom is -0.480 e. The van der Waals surface area contributed by atoms with E-state index in [0.717, 1.165) is 18.4 Å². The zero-order valence-corrected chi connectivity index (χ0v) is 24.3. The van der Waals surface area contributed by atoms with Gasteiger partial charge in [-0.05, 0) is 49.2 Å². The van der Waals surface area contributed by atoms with Crippen LogP contribution in [0.4, 0.5) is 5.69 Å². The molecule has 3 atom stereocenters. The first-order valence-corrected chi connectivity index (χ1v) is 14.4. The van der Waals surface area contributed by atoms with Crippen molar-refractivity contribution >= 4 is 46.9 Å². The van der Waals surface area contributed by atoms with Crippen molar-refractivity contribution < 1.29 is 39.6 Å². The second kappa shape index (κ2) is 16.4. The third kappa shape index (κ3) is 10.5. The number of rotatable bonds is 11. The largest absolute Gasteiger partial charge is 0.480 e. The zero-order chi connectivity index (χ0) is 30.6. The summed E-state index contributed by atoms with van der Waals surface area (Å²) in [6.45, 7) is 0.182. The number of benzene rings is 1. The molecule has 0 amide bonds. The molecule has 14 heteroatoms. The Labute approximate surface area is 250 Å². The SMILES string of the molecule is O=C(O)CN1CCN(CC(=O)O)C(Cc2ccc(N=C=S)cc2)CN(CC(=O)O)[C@H]2CCCCC2N(CC(=O)O)CC1. The van der Waals surface area contributed by atoms with Crippen LogP contribution in [0.15, 0.2) is 29.3 Å². The van der Waals surface area contributed by atoms with Gasteiger partial charge in [0.05, 0.1) is 37.0 Å².